The van der Waals surface area contributed by atoms with Crippen molar-refractivity contribution < 1.29 is 19.4 Å². The summed E-state index contributed by atoms with van der Waals surface area (Å²) in [6, 6.07) is 17.1. The van der Waals surface area contributed by atoms with Crippen LogP contribution in [0.2, 0.25) is 0 Å². The lowest BCUT2D eigenvalue weighted by molar-refractivity contribution is -0.144. The fourth-order valence-electron chi connectivity index (χ4n) is 4.42. The highest BCUT2D eigenvalue weighted by Crippen LogP contribution is 2.18. The molecular weight excluding hydrogens is 456 g/mol. The summed E-state index contributed by atoms with van der Waals surface area (Å²) in [4.78, 5) is 30.8. The van der Waals surface area contributed by atoms with Gasteiger partial charge in [0.15, 0.2) is 0 Å². The average molecular weight is 497 g/mol. The largest absolute Gasteiger partial charge is 0.480 e. The highest BCUT2D eigenvalue weighted by molar-refractivity contribution is 5.71. The number of carboxylic acid groups (broad SMARTS) is 1. The maximum absolute atomic E-state index is 11.4. The Morgan fingerprint density at radius 3 is 1.44 bits per heavy atom. The molecule has 8 nitrogen and oxygen atoms in total. The zero-order valence-electron chi connectivity index (χ0n) is 21.9. The van der Waals surface area contributed by atoms with Crippen LogP contribution in [0, 0.1) is 13.8 Å². The molecule has 1 N–H and O–H groups in total. The maximum atomic E-state index is 11.4. The minimum Gasteiger partial charge on any atom is -0.480 e. The van der Waals surface area contributed by atoms with Gasteiger partial charge in [0.1, 0.15) is 0 Å². The fourth-order valence-corrected chi connectivity index (χ4v) is 4.42. The van der Waals surface area contributed by atoms with Gasteiger partial charge in [-0.25, -0.2) is 0 Å². The molecule has 2 fully saturated rings. The van der Waals surface area contributed by atoms with Gasteiger partial charge < -0.3 is 19.6 Å². The smallest absolute Gasteiger partial charge is 0.320 e. The molecule has 8 heteroatoms. The summed E-state index contributed by atoms with van der Waals surface area (Å²) in [5.41, 5.74) is 5.04. The molecule has 2 aromatic rings. The van der Waals surface area contributed by atoms with E-state index in [2.05, 4.69) is 77.1 Å². The molecule has 0 spiro atoms. The Labute approximate surface area is 215 Å². The molecule has 0 amide bonds. The Balaban J connectivity index is 0.000000202. The molecule has 0 bridgehead atoms. The van der Waals surface area contributed by atoms with Crippen LogP contribution in [0.25, 0.3) is 0 Å². The van der Waals surface area contributed by atoms with Crippen molar-refractivity contribution in [1.82, 2.24) is 9.80 Å². The van der Waals surface area contributed by atoms with Gasteiger partial charge in [0.05, 0.1) is 19.7 Å². The summed E-state index contributed by atoms with van der Waals surface area (Å²) in [5, 5.41) is 8.72. The van der Waals surface area contributed by atoms with E-state index in [1.54, 1.807) is 0 Å². The third kappa shape index (κ3) is 8.84. The standard InChI is InChI=1S/C15H22N2O2.C13H18N2O2/c1-3-19-15(18)12-16-8-10-17(11-9-16)14-6-4-13(2)5-7-14;1-11-2-4-12(5-3-11)15-8-6-14(7-9-15)10-13(16)17/h4-7H,3,8-12H2,1-2H3;2-5H,6-10H2,1H3,(H,16,17). The van der Waals surface area contributed by atoms with Crippen LogP contribution in [0.3, 0.4) is 0 Å². The summed E-state index contributed by atoms with van der Waals surface area (Å²) in [6.07, 6.45) is 0. The van der Waals surface area contributed by atoms with E-state index in [4.69, 9.17) is 9.84 Å². The monoisotopic (exact) mass is 496 g/mol. The summed E-state index contributed by atoms with van der Waals surface area (Å²) < 4.78 is 4.98. The number of esters is 1. The van der Waals surface area contributed by atoms with Crippen LogP contribution in [0.4, 0.5) is 11.4 Å². The number of anilines is 2. The first-order chi connectivity index (χ1) is 17.3. The van der Waals surface area contributed by atoms with Gasteiger partial charge in [0, 0.05) is 63.7 Å². The number of aryl methyl sites for hydroxylation is 2. The summed E-state index contributed by atoms with van der Waals surface area (Å²) in [5.74, 6) is -0.861. The van der Waals surface area contributed by atoms with Crippen LogP contribution in [0.5, 0.6) is 0 Å². The number of carbonyl (C=O) groups excluding carboxylic acids is 1. The van der Waals surface area contributed by atoms with E-state index in [9.17, 15) is 9.59 Å². The molecule has 0 radical (unpaired) electrons. The van der Waals surface area contributed by atoms with E-state index < -0.39 is 5.97 Å². The van der Waals surface area contributed by atoms with Gasteiger partial charge in [0.2, 0.25) is 0 Å². The lowest BCUT2D eigenvalue weighted by Crippen LogP contribution is -2.48. The molecule has 36 heavy (non-hydrogen) atoms. The molecule has 0 unspecified atom stereocenters. The van der Waals surface area contributed by atoms with Crippen molar-refractivity contribution in [3.8, 4) is 0 Å². The maximum Gasteiger partial charge on any atom is 0.320 e. The minimum absolute atomic E-state index is 0.119. The third-order valence-electron chi connectivity index (χ3n) is 6.56. The van der Waals surface area contributed by atoms with Gasteiger partial charge in [-0.05, 0) is 45.0 Å². The van der Waals surface area contributed by atoms with Crippen LogP contribution in [0.15, 0.2) is 48.5 Å². The second-order valence-corrected chi connectivity index (χ2v) is 9.40. The molecule has 2 aliphatic rings. The Morgan fingerprint density at radius 1 is 0.694 bits per heavy atom. The predicted molar refractivity (Wildman–Crippen MR) is 144 cm³/mol. The predicted octanol–water partition coefficient (Wildman–Crippen LogP) is 2.88. The van der Waals surface area contributed by atoms with E-state index in [0.29, 0.717) is 13.2 Å². The number of carbonyl (C=O) groups is 2. The molecule has 2 saturated heterocycles. The zero-order valence-corrected chi connectivity index (χ0v) is 21.9. The van der Waals surface area contributed by atoms with Gasteiger partial charge in [-0.1, -0.05) is 35.4 Å². The van der Waals surface area contributed by atoms with Crippen molar-refractivity contribution in [2.45, 2.75) is 20.8 Å². The highest BCUT2D eigenvalue weighted by atomic mass is 16.5. The number of hydrogen-bond acceptors (Lipinski definition) is 7. The number of aliphatic carboxylic acids is 1. The number of ether oxygens (including phenoxy) is 1. The van der Waals surface area contributed by atoms with Gasteiger partial charge in [-0.3, -0.25) is 19.4 Å². The van der Waals surface area contributed by atoms with E-state index in [-0.39, 0.29) is 12.5 Å². The van der Waals surface area contributed by atoms with Gasteiger partial charge in [0.25, 0.3) is 0 Å². The second kappa shape index (κ2) is 13.8. The van der Waals surface area contributed by atoms with Gasteiger partial charge in [-0.15, -0.1) is 0 Å². The zero-order chi connectivity index (χ0) is 25.9. The number of nitrogens with zero attached hydrogens (tertiary/aromatic N) is 4. The number of carboxylic acids is 1. The van der Waals surface area contributed by atoms with Crippen molar-refractivity contribution in [1.29, 1.82) is 0 Å². The lowest BCUT2D eigenvalue weighted by atomic mass is 10.2. The Morgan fingerprint density at radius 2 is 1.08 bits per heavy atom. The van der Waals surface area contributed by atoms with E-state index in [1.165, 1.54) is 22.5 Å². The van der Waals surface area contributed by atoms with Crippen molar-refractivity contribution >= 4 is 23.3 Å². The Hall–Kier alpha value is -3.10. The lowest BCUT2D eigenvalue weighted by Gasteiger charge is -2.35. The van der Waals surface area contributed by atoms with Gasteiger partial charge >= 0.3 is 11.9 Å². The van der Waals surface area contributed by atoms with Crippen molar-refractivity contribution in [3.05, 3.63) is 59.7 Å². The minimum atomic E-state index is -0.742. The molecular formula is C28H40N4O4. The third-order valence-corrected chi connectivity index (χ3v) is 6.56. The van der Waals surface area contributed by atoms with E-state index in [1.807, 2.05) is 11.8 Å². The molecule has 196 valence electrons. The molecule has 4 rings (SSSR count). The van der Waals surface area contributed by atoms with Crippen LogP contribution in [-0.4, -0.2) is 98.9 Å². The molecule has 2 aliphatic heterocycles. The summed E-state index contributed by atoms with van der Waals surface area (Å²) in [7, 11) is 0. The first-order valence-corrected chi connectivity index (χ1v) is 12.8. The normalized spacial score (nSPS) is 16.8. The van der Waals surface area contributed by atoms with Crippen LogP contribution in [0.1, 0.15) is 18.1 Å². The second-order valence-electron chi connectivity index (χ2n) is 9.40. The van der Waals surface area contributed by atoms with Crippen molar-refractivity contribution in [3.63, 3.8) is 0 Å². The number of rotatable bonds is 7. The van der Waals surface area contributed by atoms with E-state index >= 15 is 0 Å². The molecule has 2 heterocycles. The SMILES string of the molecule is CCOC(=O)CN1CCN(c2ccc(C)cc2)CC1.Cc1ccc(N2CCN(CC(=O)O)CC2)cc1. The molecule has 0 aliphatic carbocycles. The van der Waals surface area contributed by atoms with Crippen molar-refractivity contribution in [2.75, 3.05) is 81.9 Å². The number of piperazine rings is 2. The molecule has 0 atom stereocenters. The highest BCUT2D eigenvalue weighted by Gasteiger charge is 2.20. The van der Waals surface area contributed by atoms with Crippen molar-refractivity contribution in [2.24, 2.45) is 0 Å². The van der Waals surface area contributed by atoms with Gasteiger partial charge in [-0.2, -0.15) is 0 Å². The quantitative estimate of drug-likeness (QED) is 0.587. The Bertz CT molecular complexity index is 949. The average Bonchev–Trinajstić information content (AvgIpc) is 2.86. The first kappa shape index (κ1) is 27.5. The number of benzene rings is 2. The topological polar surface area (TPSA) is 76.6 Å². The Kier molecular flexibility index (Phi) is 10.6. The number of hydrogen-bond donors (Lipinski definition) is 1. The first-order valence-electron chi connectivity index (χ1n) is 12.8. The fraction of sp³-hybridized carbons (Fsp3) is 0.500. The van der Waals surface area contributed by atoms with Crippen LogP contribution >= 0.6 is 0 Å². The molecule has 0 aromatic heterocycles. The summed E-state index contributed by atoms with van der Waals surface area (Å²) in [6.45, 7) is 14.2. The summed E-state index contributed by atoms with van der Waals surface area (Å²) >= 11 is 0. The van der Waals surface area contributed by atoms with Crippen LogP contribution < -0.4 is 9.80 Å². The molecule has 0 saturated carbocycles. The molecule has 2 aromatic carbocycles. The van der Waals surface area contributed by atoms with Crippen LogP contribution in [-0.2, 0) is 14.3 Å². The van der Waals surface area contributed by atoms with E-state index in [0.717, 1.165) is 52.4 Å².